The first-order valence-electron chi connectivity index (χ1n) is 2.99. The standard InChI is InChI=1S/C6H7F2NOS/c1-3-5(11-2-9-3)4(10)6(7)8/h2,4,6,10H,1H3. The van der Waals surface area contributed by atoms with E-state index in [1.54, 1.807) is 6.92 Å². The number of hydrogen-bond acceptors (Lipinski definition) is 3. The van der Waals surface area contributed by atoms with Gasteiger partial charge in [0, 0.05) is 0 Å². The van der Waals surface area contributed by atoms with Gasteiger partial charge in [-0.1, -0.05) is 0 Å². The number of rotatable bonds is 2. The molecule has 0 aliphatic carbocycles. The highest BCUT2D eigenvalue weighted by molar-refractivity contribution is 7.09. The van der Waals surface area contributed by atoms with E-state index in [0.29, 0.717) is 5.69 Å². The lowest BCUT2D eigenvalue weighted by atomic mass is 10.2. The first-order chi connectivity index (χ1) is 5.13. The van der Waals surface area contributed by atoms with E-state index in [2.05, 4.69) is 4.98 Å². The normalized spacial score (nSPS) is 13.9. The van der Waals surface area contributed by atoms with Crippen LogP contribution in [0.1, 0.15) is 16.7 Å². The largest absolute Gasteiger partial charge is 0.381 e. The van der Waals surface area contributed by atoms with Gasteiger partial charge in [0.25, 0.3) is 6.43 Å². The van der Waals surface area contributed by atoms with E-state index in [-0.39, 0.29) is 4.88 Å². The highest BCUT2D eigenvalue weighted by Gasteiger charge is 2.22. The molecule has 1 heterocycles. The summed E-state index contributed by atoms with van der Waals surface area (Å²) in [5.74, 6) is 0. The van der Waals surface area contributed by atoms with Crippen molar-refractivity contribution >= 4 is 11.3 Å². The van der Waals surface area contributed by atoms with Gasteiger partial charge in [0.05, 0.1) is 16.1 Å². The Kier molecular flexibility index (Phi) is 2.51. The minimum Gasteiger partial charge on any atom is -0.381 e. The van der Waals surface area contributed by atoms with Crippen LogP contribution in [0.25, 0.3) is 0 Å². The third-order valence-corrected chi connectivity index (χ3v) is 2.29. The molecule has 1 atom stereocenters. The van der Waals surface area contributed by atoms with Crippen LogP contribution in [-0.4, -0.2) is 16.5 Å². The molecule has 0 fully saturated rings. The summed E-state index contributed by atoms with van der Waals surface area (Å²) in [5, 5.41) is 8.89. The van der Waals surface area contributed by atoms with Crippen LogP contribution in [0.5, 0.6) is 0 Å². The number of alkyl halides is 2. The number of aliphatic hydroxyl groups excluding tert-OH is 1. The Bertz CT molecular complexity index is 238. The first kappa shape index (κ1) is 8.55. The van der Waals surface area contributed by atoms with Crippen molar-refractivity contribution in [2.45, 2.75) is 19.5 Å². The molecule has 0 bridgehead atoms. The zero-order valence-corrected chi connectivity index (χ0v) is 6.61. The van der Waals surface area contributed by atoms with Gasteiger partial charge in [-0.3, -0.25) is 0 Å². The third kappa shape index (κ3) is 1.72. The van der Waals surface area contributed by atoms with E-state index in [9.17, 15) is 8.78 Å². The van der Waals surface area contributed by atoms with Gasteiger partial charge in [0.2, 0.25) is 0 Å². The van der Waals surface area contributed by atoms with Crippen LogP contribution >= 0.6 is 11.3 Å². The highest BCUT2D eigenvalue weighted by Crippen LogP contribution is 2.26. The molecule has 0 spiro atoms. The number of nitrogens with zero attached hydrogens (tertiary/aromatic N) is 1. The van der Waals surface area contributed by atoms with E-state index in [4.69, 9.17) is 5.11 Å². The molecule has 0 saturated heterocycles. The maximum atomic E-state index is 11.9. The summed E-state index contributed by atoms with van der Waals surface area (Å²) in [4.78, 5) is 4.00. The Labute approximate surface area is 66.5 Å². The number of aryl methyl sites for hydroxylation is 1. The van der Waals surface area contributed by atoms with Gasteiger partial charge in [-0.25, -0.2) is 13.8 Å². The van der Waals surface area contributed by atoms with E-state index >= 15 is 0 Å². The summed E-state index contributed by atoms with van der Waals surface area (Å²) in [6.45, 7) is 1.59. The molecule has 0 aliphatic rings. The topological polar surface area (TPSA) is 33.1 Å². The molecule has 62 valence electrons. The molecular formula is C6H7F2NOS. The number of hydrogen-bond donors (Lipinski definition) is 1. The van der Waals surface area contributed by atoms with Crippen molar-refractivity contribution in [3.05, 3.63) is 16.1 Å². The lowest BCUT2D eigenvalue weighted by Gasteiger charge is -2.06. The highest BCUT2D eigenvalue weighted by atomic mass is 32.1. The summed E-state index contributed by atoms with van der Waals surface area (Å²) >= 11 is 1.04. The zero-order valence-electron chi connectivity index (χ0n) is 5.79. The van der Waals surface area contributed by atoms with Gasteiger partial charge in [-0.05, 0) is 6.92 Å². The van der Waals surface area contributed by atoms with Crippen LogP contribution in [0.2, 0.25) is 0 Å². The maximum absolute atomic E-state index is 11.9. The van der Waals surface area contributed by atoms with Gasteiger partial charge in [-0.2, -0.15) is 0 Å². The molecule has 0 aromatic carbocycles. The number of halogens is 2. The SMILES string of the molecule is Cc1ncsc1C(O)C(F)F. The van der Waals surface area contributed by atoms with Crippen molar-refractivity contribution in [3.63, 3.8) is 0 Å². The molecule has 1 rings (SSSR count). The Morgan fingerprint density at radius 2 is 2.27 bits per heavy atom. The van der Waals surface area contributed by atoms with E-state index in [0.717, 1.165) is 11.3 Å². The molecule has 1 aromatic heterocycles. The van der Waals surface area contributed by atoms with Gasteiger partial charge >= 0.3 is 0 Å². The van der Waals surface area contributed by atoms with Crippen LogP contribution in [0, 0.1) is 6.92 Å². The molecule has 0 aliphatic heterocycles. The Morgan fingerprint density at radius 1 is 1.64 bits per heavy atom. The van der Waals surface area contributed by atoms with Crippen LogP contribution in [0.3, 0.4) is 0 Å². The van der Waals surface area contributed by atoms with Crippen molar-refractivity contribution in [2.75, 3.05) is 0 Å². The molecule has 11 heavy (non-hydrogen) atoms. The summed E-state index contributed by atoms with van der Waals surface area (Å²) in [6.07, 6.45) is -4.41. The summed E-state index contributed by atoms with van der Waals surface area (Å²) in [5.41, 5.74) is 1.92. The predicted molar refractivity (Wildman–Crippen MR) is 37.8 cm³/mol. The van der Waals surface area contributed by atoms with Crippen molar-refractivity contribution in [3.8, 4) is 0 Å². The Morgan fingerprint density at radius 3 is 2.64 bits per heavy atom. The van der Waals surface area contributed by atoms with Crippen LogP contribution in [-0.2, 0) is 0 Å². The predicted octanol–water partition coefficient (Wildman–Crippen LogP) is 1.75. The van der Waals surface area contributed by atoms with Gasteiger partial charge < -0.3 is 5.11 Å². The fourth-order valence-corrected chi connectivity index (χ4v) is 1.50. The molecule has 1 N–H and O–H groups in total. The van der Waals surface area contributed by atoms with Crippen molar-refractivity contribution in [1.82, 2.24) is 4.98 Å². The van der Waals surface area contributed by atoms with Gasteiger partial charge in [-0.15, -0.1) is 11.3 Å². The molecule has 0 saturated carbocycles. The maximum Gasteiger partial charge on any atom is 0.269 e. The summed E-state index contributed by atoms with van der Waals surface area (Å²) < 4.78 is 23.8. The summed E-state index contributed by atoms with van der Waals surface area (Å²) in [7, 11) is 0. The third-order valence-electron chi connectivity index (χ3n) is 1.29. The van der Waals surface area contributed by atoms with Crippen LogP contribution in [0.15, 0.2) is 5.51 Å². The quantitative estimate of drug-likeness (QED) is 0.750. The zero-order chi connectivity index (χ0) is 8.43. The number of thiazole rings is 1. The molecule has 0 amide bonds. The minimum absolute atomic E-state index is 0.250. The molecule has 1 aromatic rings. The lowest BCUT2D eigenvalue weighted by molar-refractivity contribution is -0.00415. The summed E-state index contributed by atoms with van der Waals surface area (Å²) in [6, 6.07) is 0. The Balaban J connectivity index is 2.84. The van der Waals surface area contributed by atoms with E-state index < -0.39 is 12.5 Å². The first-order valence-corrected chi connectivity index (χ1v) is 3.87. The second-order valence-corrected chi connectivity index (χ2v) is 2.97. The van der Waals surface area contributed by atoms with Crippen molar-refractivity contribution in [1.29, 1.82) is 0 Å². The van der Waals surface area contributed by atoms with Crippen LogP contribution < -0.4 is 0 Å². The second-order valence-electron chi connectivity index (χ2n) is 2.08. The minimum atomic E-state index is -2.73. The number of aliphatic hydroxyl groups is 1. The molecule has 2 nitrogen and oxygen atoms in total. The average molecular weight is 179 g/mol. The molecule has 1 unspecified atom stereocenters. The molecular weight excluding hydrogens is 172 g/mol. The number of aromatic nitrogens is 1. The van der Waals surface area contributed by atoms with Gasteiger partial charge in [0.1, 0.15) is 0 Å². The van der Waals surface area contributed by atoms with Crippen molar-refractivity contribution in [2.24, 2.45) is 0 Å². The lowest BCUT2D eigenvalue weighted by Crippen LogP contribution is -2.07. The van der Waals surface area contributed by atoms with Gasteiger partial charge in [0.15, 0.2) is 6.10 Å². The fourth-order valence-electron chi connectivity index (χ4n) is 0.709. The monoisotopic (exact) mass is 179 g/mol. The van der Waals surface area contributed by atoms with Crippen LogP contribution in [0.4, 0.5) is 8.78 Å². The molecule has 0 radical (unpaired) electrons. The van der Waals surface area contributed by atoms with Crippen molar-refractivity contribution < 1.29 is 13.9 Å². The smallest absolute Gasteiger partial charge is 0.269 e. The fraction of sp³-hybridized carbons (Fsp3) is 0.500. The second kappa shape index (κ2) is 3.23. The Hall–Kier alpha value is -0.550. The van der Waals surface area contributed by atoms with E-state index in [1.807, 2.05) is 0 Å². The van der Waals surface area contributed by atoms with E-state index in [1.165, 1.54) is 5.51 Å². The average Bonchev–Trinajstić information content (AvgIpc) is 2.33. The molecule has 5 heteroatoms.